The molecular weight excluding hydrogens is 352 g/mol. The number of nitrogens with zero attached hydrogens (tertiary/aromatic N) is 3. The minimum Gasteiger partial charge on any atom is -0.365 e. The summed E-state index contributed by atoms with van der Waals surface area (Å²) in [6, 6.07) is 22.1. The van der Waals surface area contributed by atoms with Crippen LogP contribution in [0.15, 0.2) is 66.0 Å². The number of rotatable bonds is 6. The molecule has 0 amide bonds. The van der Waals surface area contributed by atoms with Gasteiger partial charge < -0.3 is 5.32 Å². The molecule has 3 aromatic rings. The topological polar surface area (TPSA) is 31.4 Å². The van der Waals surface area contributed by atoms with Gasteiger partial charge >= 0.3 is 0 Å². The second-order valence-corrected chi connectivity index (χ2v) is 7.79. The lowest BCUT2D eigenvalue weighted by atomic mass is 9.96. The summed E-state index contributed by atoms with van der Waals surface area (Å²) in [5.41, 5.74) is 3.91. The molecule has 0 atom stereocenters. The summed E-state index contributed by atoms with van der Waals surface area (Å²) in [5.74, 6) is 0. The molecule has 140 valence electrons. The van der Waals surface area contributed by atoms with Crippen LogP contribution in [0.1, 0.15) is 22.9 Å². The minimum atomic E-state index is 0.324. The van der Waals surface area contributed by atoms with Crippen molar-refractivity contribution in [1.82, 2.24) is 14.8 Å². The molecule has 4 nitrogen and oxygen atoms in total. The Morgan fingerprint density at radius 2 is 1.52 bits per heavy atom. The zero-order chi connectivity index (χ0) is 18.5. The predicted molar refractivity (Wildman–Crippen MR) is 113 cm³/mol. The van der Waals surface area contributed by atoms with Crippen LogP contribution in [0.2, 0.25) is 0 Å². The first-order valence-electron chi connectivity index (χ1n) is 9.52. The third kappa shape index (κ3) is 4.38. The van der Waals surface area contributed by atoms with Gasteiger partial charge in [0, 0.05) is 45.2 Å². The van der Waals surface area contributed by atoms with Gasteiger partial charge in [-0.25, -0.2) is 4.98 Å². The van der Waals surface area contributed by atoms with Crippen molar-refractivity contribution in [2.24, 2.45) is 0 Å². The second-order valence-electron chi connectivity index (χ2n) is 6.93. The molecule has 0 aliphatic carbocycles. The maximum Gasteiger partial charge on any atom is 0.182 e. The van der Waals surface area contributed by atoms with Crippen molar-refractivity contribution in [3.8, 4) is 0 Å². The number of benzene rings is 2. The minimum absolute atomic E-state index is 0.324. The number of thiazole rings is 1. The molecule has 1 saturated heterocycles. The lowest BCUT2D eigenvalue weighted by Crippen LogP contribution is -2.47. The van der Waals surface area contributed by atoms with E-state index in [1.54, 1.807) is 11.3 Å². The summed E-state index contributed by atoms with van der Waals surface area (Å²) in [6.45, 7) is 5.22. The van der Waals surface area contributed by atoms with Crippen molar-refractivity contribution in [2.45, 2.75) is 12.6 Å². The van der Waals surface area contributed by atoms with Crippen LogP contribution in [-0.4, -0.2) is 48.0 Å². The Hall–Kier alpha value is -2.21. The maximum absolute atomic E-state index is 4.62. The summed E-state index contributed by atoms with van der Waals surface area (Å²) in [4.78, 5) is 9.75. The van der Waals surface area contributed by atoms with Crippen molar-refractivity contribution >= 4 is 16.5 Å². The van der Waals surface area contributed by atoms with Crippen molar-refractivity contribution in [3.63, 3.8) is 0 Å². The van der Waals surface area contributed by atoms with E-state index in [1.807, 2.05) is 7.05 Å². The number of hydrogen-bond donors (Lipinski definition) is 1. The molecule has 2 heterocycles. The van der Waals surface area contributed by atoms with E-state index >= 15 is 0 Å². The highest BCUT2D eigenvalue weighted by Gasteiger charge is 2.26. The average molecular weight is 379 g/mol. The first kappa shape index (κ1) is 18.2. The van der Waals surface area contributed by atoms with Crippen LogP contribution < -0.4 is 5.32 Å². The Balaban J connectivity index is 1.45. The summed E-state index contributed by atoms with van der Waals surface area (Å²) in [6.07, 6.45) is 0. The smallest absolute Gasteiger partial charge is 0.182 e. The number of aromatic nitrogens is 1. The Kier molecular flexibility index (Phi) is 5.82. The summed E-state index contributed by atoms with van der Waals surface area (Å²) >= 11 is 1.68. The molecule has 0 radical (unpaired) electrons. The maximum atomic E-state index is 4.62. The Bertz CT molecular complexity index is 786. The summed E-state index contributed by atoms with van der Waals surface area (Å²) in [7, 11) is 1.93. The molecule has 1 fully saturated rings. The van der Waals surface area contributed by atoms with Gasteiger partial charge in [0.2, 0.25) is 0 Å². The molecule has 0 bridgehead atoms. The first-order valence-corrected chi connectivity index (χ1v) is 10.4. The van der Waals surface area contributed by atoms with Crippen LogP contribution in [0.25, 0.3) is 0 Å². The standard InChI is InChI=1S/C22H26N4S/c1-23-22-24-20(17-27-22)16-25-12-14-26(15-13-25)21(18-8-4-2-5-9-18)19-10-6-3-7-11-19/h2-11,17,21H,12-16H2,1H3,(H,23,24). The van der Waals surface area contributed by atoms with Crippen LogP contribution in [-0.2, 0) is 6.54 Å². The van der Waals surface area contributed by atoms with Crippen molar-refractivity contribution in [3.05, 3.63) is 82.9 Å². The zero-order valence-electron chi connectivity index (χ0n) is 15.7. The Labute approximate surface area is 165 Å². The van der Waals surface area contributed by atoms with E-state index in [0.717, 1.165) is 37.9 Å². The average Bonchev–Trinajstić information content (AvgIpc) is 3.19. The molecule has 5 heteroatoms. The third-order valence-electron chi connectivity index (χ3n) is 5.15. The van der Waals surface area contributed by atoms with E-state index < -0.39 is 0 Å². The molecule has 0 spiro atoms. The van der Waals surface area contributed by atoms with Gasteiger partial charge in [-0.15, -0.1) is 11.3 Å². The summed E-state index contributed by atoms with van der Waals surface area (Å²) < 4.78 is 0. The van der Waals surface area contributed by atoms with Crippen LogP contribution in [0.5, 0.6) is 0 Å². The van der Waals surface area contributed by atoms with E-state index in [0.29, 0.717) is 6.04 Å². The summed E-state index contributed by atoms with van der Waals surface area (Å²) in [5, 5.41) is 6.28. The lowest BCUT2D eigenvalue weighted by Gasteiger charge is -2.39. The highest BCUT2D eigenvalue weighted by Crippen LogP contribution is 2.29. The molecule has 27 heavy (non-hydrogen) atoms. The van der Waals surface area contributed by atoms with Gasteiger partial charge in [0.15, 0.2) is 5.13 Å². The quantitative estimate of drug-likeness (QED) is 0.700. The zero-order valence-corrected chi connectivity index (χ0v) is 16.5. The number of hydrogen-bond acceptors (Lipinski definition) is 5. The number of piperazine rings is 1. The molecule has 1 aromatic heterocycles. The molecular formula is C22H26N4S. The van der Waals surface area contributed by atoms with Gasteiger partial charge in [-0.1, -0.05) is 60.7 Å². The van der Waals surface area contributed by atoms with E-state index in [-0.39, 0.29) is 0 Å². The highest BCUT2D eigenvalue weighted by molar-refractivity contribution is 7.13. The van der Waals surface area contributed by atoms with E-state index in [1.165, 1.54) is 16.8 Å². The molecule has 4 rings (SSSR count). The van der Waals surface area contributed by atoms with Gasteiger partial charge in [-0.3, -0.25) is 9.80 Å². The van der Waals surface area contributed by atoms with Gasteiger partial charge in [0.05, 0.1) is 11.7 Å². The van der Waals surface area contributed by atoms with Crippen LogP contribution in [0.3, 0.4) is 0 Å². The van der Waals surface area contributed by atoms with Crippen molar-refractivity contribution in [1.29, 1.82) is 0 Å². The van der Waals surface area contributed by atoms with E-state index in [9.17, 15) is 0 Å². The molecule has 0 saturated carbocycles. The SMILES string of the molecule is CNc1nc(CN2CCN(C(c3ccccc3)c3ccccc3)CC2)cs1. The van der Waals surface area contributed by atoms with Gasteiger partial charge in [0.25, 0.3) is 0 Å². The fourth-order valence-corrected chi connectivity index (χ4v) is 4.45. The van der Waals surface area contributed by atoms with Crippen molar-refractivity contribution in [2.75, 3.05) is 38.5 Å². The Morgan fingerprint density at radius 3 is 2.04 bits per heavy atom. The lowest BCUT2D eigenvalue weighted by molar-refractivity contribution is 0.104. The van der Waals surface area contributed by atoms with Gasteiger partial charge in [-0.2, -0.15) is 0 Å². The van der Waals surface area contributed by atoms with Crippen LogP contribution >= 0.6 is 11.3 Å². The monoisotopic (exact) mass is 378 g/mol. The van der Waals surface area contributed by atoms with E-state index in [2.05, 4.69) is 86.1 Å². The number of anilines is 1. The normalized spacial score (nSPS) is 15.9. The highest BCUT2D eigenvalue weighted by atomic mass is 32.1. The molecule has 1 aliphatic heterocycles. The molecule has 0 unspecified atom stereocenters. The fourth-order valence-electron chi connectivity index (χ4n) is 3.79. The largest absolute Gasteiger partial charge is 0.365 e. The fraction of sp³-hybridized carbons (Fsp3) is 0.318. The second kappa shape index (κ2) is 8.65. The van der Waals surface area contributed by atoms with E-state index in [4.69, 9.17) is 0 Å². The van der Waals surface area contributed by atoms with Gasteiger partial charge in [-0.05, 0) is 11.1 Å². The first-order chi connectivity index (χ1) is 13.3. The van der Waals surface area contributed by atoms with Crippen molar-refractivity contribution < 1.29 is 0 Å². The third-order valence-corrected chi connectivity index (χ3v) is 6.06. The predicted octanol–water partition coefficient (Wildman–Crippen LogP) is 4.09. The van der Waals surface area contributed by atoms with Crippen LogP contribution in [0, 0.1) is 0 Å². The number of nitrogens with one attached hydrogen (secondary N) is 1. The molecule has 2 aromatic carbocycles. The van der Waals surface area contributed by atoms with Gasteiger partial charge in [0.1, 0.15) is 0 Å². The Morgan fingerprint density at radius 1 is 0.926 bits per heavy atom. The molecule has 1 N–H and O–H groups in total. The molecule has 1 aliphatic rings. The van der Waals surface area contributed by atoms with Crippen LogP contribution in [0.4, 0.5) is 5.13 Å².